The molecule has 100 valence electrons. The molecule has 0 fully saturated rings. The molecule has 0 aliphatic carbocycles. The number of hydrogen-bond acceptors (Lipinski definition) is 3. The van der Waals surface area contributed by atoms with Crippen LogP contribution in [0.4, 0.5) is 13.2 Å². The van der Waals surface area contributed by atoms with Gasteiger partial charge in [-0.05, 0) is 12.5 Å². The zero-order valence-corrected chi connectivity index (χ0v) is 11.1. The summed E-state index contributed by atoms with van der Waals surface area (Å²) in [5.41, 5.74) is -1.05. The second kappa shape index (κ2) is 6.72. The zero-order valence-electron chi connectivity index (χ0n) is 9.55. The van der Waals surface area contributed by atoms with Gasteiger partial charge in [0.15, 0.2) is 5.82 Å². The lowest BCUT2D eigenvalue weighted by atomic mass is 10.1. The van der Waals surface area contributed by atoms with E-state index >= 15 is 0 Å². The van der Waals surface area contributed by atoms with Gasteiger partial charge in [-0.25, -0.2) is 13.2 Å². The fourth-order valence-corrected chi connectivity index (χ4v) is 1.81. The molecule has 0 bridgehead atoms. The monoisotopic (exact) mass is 325 g/mol. The molecule has 0 saturated carbocycles. The molecule has 1 heterocycles. The van der Waals surface area contributed by atoms with E-state index in [1.54, 1.807) is 6.92 Å². The summed E-state index contributed by atoms with van der Waals surface area (Å²) in [6, 6.07) is 0. The third-order valence-electron chi connectivity index (χ3n) is 2.20. The van der Waals surface area contributed by atoms with Crippen molar-refractivity contribution in [1.29, 1.82) is 0 Å². The number of hydrogen-bond donors (Lipinski definition) is 0. The third-order valence-corrected chi connectivity index (χ3v) is 2.73. The molecular weight excluding hydrogens is 315 g/mol. The molecule has 0 saturated heterocycles. The van der Waals surface area contributed by atoms with Gasteiger partial charge in [-0.2, -0.15) is 0 Å². The van der Waals surface area contributed by atoms with Crippen molar-refractivity contribution in [3.63, 3.8) is 0 Å². The fraction of sp³-hybridized carbons (Fsp3) is 0.455. The molecule has 18 heavy (non-hydrogen) atoms. The molecule has 3 nitrogen and oxygen atoms in total. The smallest absolute Gasteiger partial charge is 0.310 e. The average molecular weight is 326 g/mol. The molecule has 0 atom stereocenters. The number of rotatable bonds is 5. The topological polar surface area (TPSA) is 39.2 Å². The van der Waals surface area contributed by atoms with Gasteiger partial charge >= 0.3 is 5.97 Å². The first-order chi connectivity index (χ1) is 8.51. The number of carbonyl (C=O) groups is 1. The van der Waals surface area contributed by atoms with Gasteiger partial charge in [0.2, 0.25) is 0 Å². The van der Waals surface area contributed by atoms with Gasteiger partial charge in [-0.1, -0.05) is 15.9 Å². The number of carbonyl (C=O) groups excluding carboxylic acids is 1. The maximum absolute atomic E-state index is 13.7. The lowest BCUT2D eigenvalue weighted by Crippen LogP contribution is -2.12. The van der Waals surface area contributed by atoms with Crippen LogP contribution in [-0.4, -0.2) is 17.6 Å². The van der Waals surface area contributed by atoms with Gasteiger partial charge < -0.3 is 4.74 Å². The van der Waals surface area contributed by atoms with Crippen molar-refractivity contribution >= 4 is 21.9 Å². The summed E-state index contributed by atoms with van der Waals surface area (Å²) in [7, 11) is 0. The van der Waals surface area contributed by atoms with Crippen molar-refractivity contribution in [1.82, 2.24) is 4.98 Å². The van der Waals surface area contributed by atoms with Crippen LogP contribution in [0.3, 0.4) is 0 Å². The van der Waals surface area contributed by atoms with Crippen molar-refractivity contribution < 1.29 is 22.7 Å². The minimum absolute atomic E-state index is 0.0260. The molecule has 0 amide bonds. The first kappa shape index (κ1) is 14.9. The van der Waals surface area contributed by atoms with E-state index in [-0.39, 0.29) is 23.2 Å². The summed E-state index contributed by atoms with van der Waals surface area (Å²) in [5.74, 6) is -1.77. The first-order valence-corrected chi connectivity index (χ1v) is 6.29. The summed E-state index contributed by atoms with van der Waals surface area (Å²) >= 11 is 2.95. The number of halogens is 4. The highest BCUT2D eigenvalue weighted by molar-refractivity contribution is 9.08. The van der Waals surface area contributed by atoms with Crippen LogP contribution in [0.1, 0.15) is 30.2 Å². The predicted molar refractivity (Wildman–Crippen MR) is 62.1 cm³/mol. The summed E-state index contributed by atoms with van der Waals surface area (Å²) in [5, 5.41) is 0.0260. The molecular formula is C11H11BrF3NO2. The van der Waals surface area contributed by atoms with Crippen molar-refractivity contribution in [2.24, 2.45) is 0 Å². The third kappa shape index (κ3) is 3.44. The van der Waals surface area contributed by atoms with Gasteiger partial charge in [0.05, 0.1) is 24.3 Å². The molecule has 0 aliphatic heterocycles. The molecule has 0 aliphatic rings. The molecule has 1 aromatic rings. The highest BCUT2D eigenvalue weighted by Gasteiger charge is 2.23. The minimum atomic E-state index is -3.00. The van der Waals surface area contributed by atoms with E-state index in [9.17, 15) is 18.0 Å². The molecule has 0 unspecified atom stereocenters. The number of aromatic nitrogens is 1. The van der Waals surface area contributed by atoms with Gasteiger partial charge in [0.1, 0.15) is 0 Å². The van der Waals surface area contributed by atoms with Gasteiger partial charge in [-0.3, -0.25) is 9.78 Å². The average Bonchev–Trinajstić information content (AvgIpc) is 2.29. The number of pyridine rings is 1. The Labute approximate surface area is 110 Å². The summed E-state index contributed by atoms with van der Waals surface area (Å²) in [6.45, 7) is 1.73. The van der Waals surface area contributed by atoms with Crippen LogP contribution >= 0.6 is 15.9 Å². The van der Waals surface area contributed by atoms with Crippen LogP contribution in [0.25, 0.3) is 0 Å². The Morgan fingerprint density at radius 2 is 2.22 bits per heavy atom. The number of nitrogens with zero attached hydrogens (tertiary/aromatic N) is 1. The Kier molecular flexibility index (Phi) is 5.58. The Balaban J connectivity index is 3.11. The maximum atomic E-state index is 13.7. The summed E-state index contributed by atoms with van der Waals surface area (Å²) in [6.07, 6.45) is -2.34. The van der Waals surface area contributed by atoms with E-state index in [1.807, 2.05) is 0 Å². The largest absolute Gasteiger partial charge is 0.466 e. The van der Waals surface area contributed by atoms with E-state index in [1.165, 1.54) is 0 Å². The van der Waals surface area contributed by atoms with Gasteiger partial charge in [0.25, 0.3) is 6.43 Å². The second-order valence-corrected chi connectivity index (χ2v) is 3.93. The van der Waals surface area contributed by atoms with E-state index < -0.39 is 30.2 Å². The van der Waals surface area contributed by atoms with E-state index in [2.05, 4.69) is 25.7 Å². The number of alkyl halides is 3. The minimum Gasteiger partial charge on any atom is -0.466 e. The highest BCUT2D eigenvalue weighted by atomic mass is 79.9. The van der Waals surface area contributed by atoms with Crippen LogP contribution in [-0.2, 0) is 21.3 Å². The highest BCUT2D eigenvalue weighted by Crippen LogP contribution is 2.28. The summed E-state index contributed by atoms with van der Waals surface area (Å²) < 4.78 is 43.9. The van der Waals surface area contributed by atoms with Crippen molar-refractivity contribution in [2.45, 2.75) is 25.1 Å². The Morgan fingerprint density at radius 3 is 2.72 bits per heavy atom. The standard InChI is InChI=1S/C11H11BrF3NO2/c1-2-18-8(17)3-6-5-16-7(4-12)10(13)9(6)11(14)15/h5,11H,2-4H2,1H3. The number of esters is 1. The molecule has 0 spiro atoms. The van der Waals surface area contributed by atoms with Crippen molar-refractivity contribution in [3.8, 4) is 0 Å². The Hall–Kier alpha value is -1.11. The Morgan fingerprint density at radius 1 is 1.56 bits per heavy atom. The molecule has 1 aromatic heterocycles. The summed E-state index contributed by atoms with van der Waals surface area (Å²) in [4.78, 5) is 14.9. The molecule has 0 N–H and O–H groups in total. The Bertz CT molecular complexity index is 441. The van der Waals surface area contributed by atoms with Crippen LogP contribution in [0.2, 0.25) is 0 Å². The molecule has 0 radical (unpaired) electrons. The van der Waals surface area contributed by atoms with E-state index in [0.29, 0.717) is 0 Å². The van der Waals surface area contributed by atoms with Crippen molar-refractivity contribution in [2.75, 3.05) is 6.61 Å². The normalized spacial score (nSPS) is 10.8. The van der Waals surface area contributed by atoms with E-state index in [0.717, 1.165) is 6.20 Å². The maximum Gasteiger partial charge on any atom is 0.310 e. The van der Waals surface area contributed by atoms with Gasteiger partial charge in [-0.15, -0.1) is 0 Å². The quantitative estimate of drug-likeness (QED) is 0.616. The van der Waals surface area contributed by atoms with Crippen LogP contribution in [0, 0.1) is 5.82 Å². The first-order valence-electron chi connectivity index (χ1n) is 5.17. The van der Waals surface area contributed by atoms with Crippen LogP contribution in [0.15, 0.2) is 6.20 Å². The second-order valence-electron chi connectivity index (χ2n) is 3.37. The van der Waals surface area contributed by atoms with Crippen molar-refractivity contribution in [3.05, 3.63) is 28.8 Å². The molecule has 7 heteroatoms. The molecule has 0 aromatic carbocycles. The zero-order chi connectivity index (χ0) is 13.7. The van der Waals surface area contributed by atoms with Gasteiger partial charge in [0, 0.05) is 11.5 Å². The lowest BCUT2D eigenvalue weighted by molar-refractivity contribution is -0.142. The lowest BCUT2D eigenvalue weighted by Gasteiger charge is -2.11. The fourth-order valence-electron chi connectivity index (χ4n) is 1.42. The van der Waals surface area contributed by atoms with Crippen LogP contribution < -0.4 is 0 Å². The predicted octanol–water partition coefficient (Wildman–Crippen LogP) is 3.16. The van der Waals surface area contributed by atoms with E-state index in [4.69, 9.17) is 0 Å². The van der Waals surface area contributed by atoms with Crippen LogP contribution in [0.5, 0.6) is 0 Å². The SMILES string of the molecule is CCOC(=O)Cc1cnc(CBr)c(F)c1C(F)F. The molecule has 1 rings (SSSR count). The number of ether oxygens (including phenoxy) is 1.